The van der Waals surface area contributed by atoms with Crippen LogP contribution in [0, 0.1) is 5.41 Å². The number of hydroxylamine groups is 1. The largest absolute Gasteiger partial charge is 0.356 e. The van der Waals surface area contributed by atoms with Gasteiger partial charge in [-0.2, -0.15) is 0 Å². The molecule has 1 aromatic heterocycles. The lowest BCUT2D eigenvalue weighted by molar-refractivity contribution is -0.124. The van der Waals surface area contributed by atoms with Crippen LogP contribution in [0.2, 0.25) is 0 Å². The van der Waals surface area contributed by atoms with E-state index in [9.17, 15) is 4.79 Å². The number of imidazole rings is 1. The highest BCUT2D eigenvalue weighted by Crippen LogP contribution is 2.27. The number of aromatic nitrogens is 2. The van der Waals surface area contributed by atoms with Crippen LogP contribution in [0.1, 0.15) is 32.8 Å². The summed E-state index contributed by atoms with van der Waals surface area (Å²) in [6.45, 7) is 9.32. The number of carbonyl (C=O) groups is 1. The van der Waals surface area contributed by atoms with Gasteiger partial charge in [-0.3, -0.25) is 10.0 Å². The van der Waals surface area contributed by atoms with Crippen molar-refractivity contribution in [3.05, 3.63) is 29.8 Å². The van der Waals surface area contributed by atoms with Gasteiger partial charge in [0.15, 0.2) is 0 Å². The first kappa shape index (κ1) is 20.9. The molecule has 0 atom stereocenters. The van der Waals surface area contributed by atoms with Gasteiger partial charge < -0.3 is 14.8 Å². The van der Waals surface area contributed by atoms with E-state index in [1.54, 1.807) is 11.6 Å². The molecule has 0 radical (unpaired) electrons. The number of anilines is 1. The molecule has 2 rings (SSSR count). The number of amides is 1. The number of carbonyl (C=O) groups excluding carboxylic acids is 1. The summed E-state index contributed by atoms with van der Waals surface area (Å²) in [7, 11) is 4.18. The lowest BCUT2D eigenvalue weighted by atomic mass is 9.92. The minimum atomic E-state index is -0.559. The topological polar surface area (TPSA) is 82.4 Å². The molecule has 0 saturated heterocycles. The van der Waals surface area contributed by atoms with Gasteiger partial charge in [0.25, 0.3) is 5.91 Å². The van der Waals surface area contributed by atoms with Crippen LogP contribution in [-0.2, 0) is 11.3 Å². The van der Waals surface area contributed by atoms with E-state index in [0.29, 0.717) is 0 Å². The Morgan fingerprint density at radius 3 is 2.74 bits per heavy atom. The summed E-state index contributed by atoms with van der Waals surface area (Å²) < 4.78 is 2.24. The van der Waals surface area contributed by atoms with Gasteiger partial charge in [0.1, 0.15) is 0 Å². The highest BCUT2D eigenvalue weighted by atomic mass is 16.5. The summed E-state index contributed by atoms with van der Waals surface area (Å²) in [5.74, 6) is 0.310. The number of nitrogens with one attached hydrogen (secondary N) is 2. The van der Waals surface area contributed by atoms with E-state index in [-0.39, 0.29) is 5.41 Å². The Morgan fingerprint density at radius 1 is 1.37 bits per heavy atom. The molecule has 2 aromatic rings. The first-order valence-corrected chi connectivity index (χ1v) is 9.27. The summed E-state index contributed by atoms with van der Waals surface area (Å²) in [5, 5.41) is 12.0. The molecule has 7 nitrogen and oxygen atoms in total. The lowest BCUT2D eigenvalue weighted by Gasteiger charge is -2.29. The molecule has 27 heavy (non-hydrogen) atoms. The standard InChI is InChI=1S/C20H31N5O2/c1-6-11-21-19-22-16-12-15(8-10-18(26)23-27)7-9-17(16)25(19)14-20(2,3)13-24(4)5/h7-10,12,27H,6,11,13-14H2,1-5H3,(H,21,22)(H,23,26). The van der Waals surface area contributed by atoms with Crippen molar-refractivity contribution < 1.29 is 10.0 Å². The van der Waals surface area contributed by atoms with Gasteiger partial charge in [-0.1, -0.05) is 26.8 Å². The number of rotatable bonds is 9. The fourth-order valence-electron chi connectivity index (χ4n) is 3.33. The zero-order valence-corrected chi connectivity index (χ0v) is 16.9. The zero-order chi connectivity index (χ0) is 20.0. The molecule has 0 bridgehead atoms. The zero-order valence-electron chi connectivity index (χ0n) is 16.9. The summed E-state index contributed by atoms with van der Waals surface area (Å²) >= 11 is 0. The Bertz CT molecular complexity index is 808. The molecular weight excluding hydrogens is 342 g/mol. The van der Waals surface area contributed by atoms with E-state index in [2.05, 4.69) is 49.7 Å². The molecule has 0 spiro atoms. The SMILES string of the molecule is CCCNc1nc2cc(C=CC(=O)NO)ccc2n1CC(C)(C)CN(C)C. The second-order valence-electron chi connectivity index (χ2n) is 7.91. The van der Waals surface area contributed by atoms with Crippen LogP contribution >= 0.6 is 0 Å². The number of nitrogens with zero attached hydrogens (tertiary/aromatic N) is 3. The normalized spacial score (nSPS) is 12.3. The Kier molecular flexibility index (Phi) is 6.98. The van der Waals surface area contributed by atoms with Crippen molar-refractivity contribution in [2.45, 2.75) is 33.7 Å². The fraction of sp³-hybridized carbons (Fsp3) is 0.500. The van der Waals surface area contributed by atoms with E-state index < -0.39 is 5.91 Å². The Labute approximate surface area is 161 Å². The maximum absolute atomic E-state index is 11.2. The first-order valence-electron chi connectivity index (χ1n) is 9.27. The van der Waals surface area contributed by atoms with E-state index >= 15 is 0 Å². The van der Waals surface area contributed by atoms with Gasteiger partial charge in [-0.05, 0) is 49.7 Å². The summed E-state index contributed by atoms with van der Waals surface area (Å²) in [6, 6.07) is 5.93. The van der Waals surface area contributed by atoms with Crippen LogP contribution in [0.5, 0.6) is 0 Å². The van der Waals surface area contributed by atoms with Gasteiger partial charge in [-0.15, -0.1) is 0 Å². The van der Waals surface area contributed by atoms with Crippen LogP contribution in [0.15, 0.2) is 24.3 Å². The molecule has 1 aromatic carbocycles. The third kappa shape index (κ3) is 5.80. The first-order chi connectivity index (χ1) is 12.8. The van der Waals surface area contributed by atoms with Crippen molar-refractivity contribution in [3.63, 3.8) is 0 Å². The number of fused-ring (bicyclic) bond motifs is 1. The van der Waals surface area contributed by atoms with Gasteiger partial charge >= 0.3 is 0 Å². The average molecular weight is 374 g/mol. The third-order valence-corrected chi connectivity index (χ3v) is 4.17. The third-order valence-electron chi connectivity index (χ3n) is 4.17. The molecule has 0 fully saturated rings. The van der Waals surface area contributed by atoms with Crippen LogP contribution in [0.25, 0.3) is 17.1 Å². The van der Waals surface area contributed by atoms with E-state index in [1.165, 1.54) is 6.08 Å². The predicted molar refractivity (Wildman–Crippen MR) is 110 cm³/mol. The van der Waals surface area contributed by atoms with Crippen molar-refractivity contribution in [1.82, 2.24) is 19.9 Å². The van der Waals surface area contributed by atoms with E-state index in [1.807, 2.05) is 18.2 Å². The van der Waals surface area contributed by atoms with E-state index in [0.717, 1.165) is 48.6 Å². The highest BCUT2D eigenvalue weighted by Gasteiger charge is 2.23. The van der Waals surface area contributed by atoms with Gasteiger partial charge in [0, 0.05) is 25.7 Å². The van der Waals surface area contributed by atoms with Gasteiger partial charge in [0.05, 0.1) is 11.0 Å². The van der Waals surface area contributed by atoms with Crippen LogP contribution in [-0.4, -0.2) is 52.8 Å². The van der Waals surface area contributed by atoms with Gasteiger partial charge in [-0.25, -0.2) is 10.5 Å². The number of hydrogen-bond donors (Lipinski definition) is 3. The molecule has 0 unspecified atom stereocenters. The van der Waals surface area contributed by atoms with E-state index in [4.69, 9.17) is 10.2 Å². The van der Waals surface area contributed by atoms with Crippen molar-refractivity contribution >= 4 is 29.0 Å². The average Bonchev–Trinajstić information content (AvgIpc) is 2.92. The maximum Gasteiger partial charge on any atom is 0.267 e. The molecule has 1 heterocycles. The van der Waals surface area contributed by atoms with Crippen molar-refractivity contribution in [3.8, 4) is 0 Å². The van der Waals surface area contributed by atoms with Crippen LogP contribution < -0.4 is 10.8 Å². The quantitative estimate of drug-likeness (QED) is 0.358. The molecular formula is C20H31N5O2. The summed E-state index contributed by atoms with van der Waals surface area (Å²) in [4.78, 5) is 18.2. The molecule has 0 saturated carbocycles. The smallest absolute Gasteiger partial charge is 0.267 e. The van der Waals surface area contributed by atoms with Crippen LogP contribution in [0.4, 0.5) is 5.95 Å². The molecule has 3 N–H and O–H groups in total. The van der Waals surface area contributed by atoms with Crippen molar-refractivity contribution in [2.75, 3.05) is 32.5 Å². The van der Waals surface area contributed by atoms with Gasteiger partial charge in [0.2, 0.25) is 5.95 Å². The Morgan fingerprint density at radius 2 is 2.11 bits per heavy atom. The molecule has 7 heteroatoms. The monoisotopic (exact) mass is 373 g/mol. The van der Waals surface area contributed by atoms with Crippen molar-refractivity contribution in [2.24, 2.45) is 5.41 Å². The second kappa shape index (κ2) is 9.01. The molecule has 0 aliphatic carbocycles. The lowest BCUT2D eigenvalue weighted by Crippen LogP contribution is -2.32. The predicted octanol–water partition coefficient (Wildman–Crippen LogP) is 2.96. The fourth-order valence-corrected chi connectivity index (χ4v) is 3.33. The maximum atomic E-state index is 11.2. The number of hydrogen-bond acceptors (Lipinski definition) is 5. The Balaban J connectivity index is 2.40. The molecule has 0 aliphatic heterocycles. The summed E-state index contributed by atoms with van der Waals surface area (Å²) in [5.41, 5.74) is 4.46. The molecule has 148 valence electrons. The Hall–Kier alpha value is -2.38. The number of benzene rings is 1. The minimum absolute atomic E-state index is 0.0809. The second-order valence-corrected chi connectivity index (χ2v) is 7.91. The highest BCUT2D eigenvalue weighted by molar-refractivity contribution is 5.91. The summed E-state index contributed by atoms with van der Waals surface area (Å²) in [6.07, 6.45) is 3.96. The van der Waals surface area contributed by atoms with Crippen molar-refractivity contribution in [1.29, 1.82) is 0 Å². The molecule has 0 aliphatic rings. The van der Waals surface area contributed by atoms with Crippen LogP contribution in [0.3, 0.4) is 0 Å². The molecule has 1 amide bonds. The minimum Gasteiger partial charge on any atom is -0.356 e.